The molecule has 118 valence electrons. The molecule has 2 rings (SSSR count). The molecule has 1 aromatic rings. The lowest BCUT2D eigenvalue weighted by Gasteiger charge is -2.28. The minimum atomic E-state index is -3.00. The molecule has 7 heteroatoms. The second kappa shape index (κ2) is 6.89. The zero-order valence-corrected chi connectivity index (χ0v) is 13.9. The van der Waals surface area contributed by atoms with Gasteiger partial charge in [-0.3, -0.25) is 4.99 Å². The van der Waals surface area contributed by atoms with Crippen molar-refractivity contribution < 1.29 is 13.5 Å². The van der Waals surface area contributed by atoms with E-state index in [4.69, 9.17) is 0 Å². The molecule has 0 aliphatic carbocycles. The number of hydrogen-bond donors (Lipinski definition) is 0. The van der Waals surface area contributed by atoms with Crippen LogP contribution in [0.5, 0.6) is 5.75 Å². The summed E-state index contributed by atoms with van der Waals surface area (Å²) in [6.07, 6.45) is 0. The van der Waals surface area contributed by atoms with Crippen molar-refractivity contribution in [1.29, 1.82) is 10.5 Å². The summed E-state index contributed by atoms with van der Waals surface area (Å²) in [7, 11) is 0. The topological polar surface area (TPSA) is 69.2 Å². The third-order valence-electron chi connectivity index (χ3n) is 3.61. The molecule has 0 fully saturated rings. The first kappa shape index (κ1) is 17.1. The molecule has 0 spiro atoms. The maximum absolute atomic E-state index is 12.7. The standard InChI is InChI=1S/C16H12BrF2N3O/c1-8-12(6-20)15(13(7-21)9(2)22-8)11-5-10(17)3-4-14(11)23-16(18)19/h3-5,12,15-16H,1-2H3. The fraction of sp³-hybridized carbons (Fsp3) is 0.312. The van der Waals surface area contributed by atoms with Crippen LogP contribution in [0.1, 0.15) is 25.3 Å². The molecule has 0 N–H and O–H groups in total. The van der Waals surface area contributed by atoms with Crippen LogP contribution in [0.4, 0.5) is 8.78 Å². The third kappa shape index (κ3) is 3.40. The Balaban J connectivity index is 2.67. The average Bonchev–Trinajstić information content (AvgIpc) is 2.48. The Morgan fingerprint density at radius 2 is 2.00 bits per heavy atom. The SMILES string of the molecule is CC1=NC(C)=C(C#N)C(c2cc(Br)ccc2OC(F)F)C1C#N. The highest BCUT2D eigenvalue weighted by Gasteiger charge is 2.36. The Labute approximate surface area is 140 Å². The maximum Gasteiger partial charge on any atom is 0.387 e. The van der Waals surface area contributed by atoms with E-state index in [2.05, 4.69) is 37.8 Å². The summed E-state index contributed by atoms with van der Waals surface area (Å²) in [5.41, 5.74) is 1.65. The Hall–Kier alpha value is -2.25. The van der Waals surface area contributed by atoms with Gasteiger partial charge in [0.15, 0.2) is 0 Å². The molecule has 4 nitrogen and oxygen atoms in total. The minimum Gasteiger partial charge on any atom is -0.435 e. The number of ether oxygens (including phenoxy) is 1. The molecule has 0 amide bonds. The van der Waals surface area contributed by atoms with Gasteiger partial charge in [0.1, 0.15) is 5.75 Å². The largest absolute Gasteiger partial charge is 0.435 e. The first-order valence-corrected chi connectivity index (χ1v) is 7.48. The van der Waals surface area contributed by atoms with Gasteiger partial charge in [-0.2, -0.15) is 19.3 Å². The summed E-state index contributed by atoms with van der Waals surface area (Å²) in [5, 5.41) is 18.9. The number of rotatable bonds is 3. The Bertz CT molecular complexity index is 775. The molecule has 0 saturated heterocycles. The molecule has 2 unspecified atom stereocenters. The number of hydrogen-bond acceptors (Lipinski definition) is 4. The van der Waals surface area contributed by atoms with E-state index in [1.54, 1.807) is 26.0 Å². The highest BCUT2D eigenvalue weighted by atomic mass is 79.9. The first-order valence-electron chi connectivity index (χ1n) is 6.69. The van der Waals surface area contributed by atoms with E-state index in [0.717, 1.165) is 0 Å². The molecule has 1 aromatic carbocycles. The molecule has 0 bridgehead atoms. The van der Waals surface area contributed by atoms with E-state index < -0.39 is 18.4 Å². The molecule has 23 heavy (non-hydrogen) atoms. The Morgan fingerprint density at radius 3 is 2.57 bits per heavy atom. The summed E-state index contributed by atoms with van der Waals surface area (Å²) in [6, 6.07) is 8.71. The van der Waals surface area contributed by atoms with Gasteiger partial charge in [-0.05, 0) is 32.0 Å². The molecule has 0 saturated carbocycles. The van der Waals surface area contributed by atoms with Gasteiger partial charge in [-0.1, -0.05) is 15.9 Å². The van der Waals surface area contributed by atoms with Crippen LogP contribution in [0.2, 0.25) is 0 Å². The van der Waals surface area contributed by atoms with Crippen molar-refractivity contribution in [3.05, 3.63) is 39.5 Å². The number of alkyl halides is 2. The fourth-order valence-corrected chi connectivity index (χ4v) is 3.03. The summed E-state index contributed by atoms with van der Waals surface area (Å²) in [5.74, 6) is -1.47. The smallest absolute Gasteiger partial charge is 0.387 e. The predicted octanol–water partition coefficient (Wildman–Crippen LogP) is 4.55. The molecule has 1 aliphatic heterocycles. The molecule has 0 aromatic heterocycles. The number of allylic oxidation sites excluding steroid dienone is 2. The number of aliphatic imine (C=N–C) groups is 1. The average molecular weight is 380 g/mol. The highest BCUT2D eigenvalue weighted by molar-refractivity contribution is 9.10. The van der Waals surface area contributed by atoms with Crippen molar-refractivity contribution in [2.75, 3.05) is 0 Å². The number of nitrogens with zero attached hydrogens (tertiary/aromatic N) is 3. The second-order valence-electron chi connectivity index (χ2n) is 5.01. The monoisotopic (exact) mass is 379 g/mol. The lowest BCUT2D eigenvalue weighted by atomic mass is 9.76. The predicted molar refractivity (Wildman–Crippen MR) is 84.0 cm³/mol. The van der Waals surface area contributed by atoms with Crippen LogP contribution in [0, 0.1) is 28.6 Å². The van der Waals surface area contributed by atoms with Crippen LogP contribution in [0.15, 0.2) is 38.9 Å². The van der Waals surface area contributed by atoms with Gasteiger partial charge in [-0.25, -0.2) is 0 Å². The van der Waals surface area contributed by atoms with E-state index >= 15 is 0 Å². The highest BCUT2D eigenvalue weighted by Crippen LogP contribution is 2.43. The van der Waals surface area contributed by atoms with Gasteiger partial charge >= 0.3 is 6.61 Å². The van der Waals surface area contributed by atoms with Crippen molar-refractivity contribution in [2.24, 2.45) is 10.9 Å². The van der Waals surface area contributed by atoms with Crippen LogP contribution in [-0.2, 0) is 0 Å². The van der Waals surface area contributed by atoms with Crippen LogP contribution in [-0.4, -0.2) is 12.3 Å². The first-order chi connectivity index (χ1) is 10.9. The normalized spacial score (nSPS) is 20.8. The fourth-order valence-electron chi connectivity index (χ4n) is 2.65. The van der Waals surface area contributed by atoms with Crippen molar-refractivity contribution in [3.63, 3.8) is 0 Å². The summed E-state index contributed by atoms with van der Waals surface area (Å²) >= 11 is 3.29. The lowest BCUT2D eigenvalue weighted by Crippen LogP contribution is -2.25. The van der Waals surface area contributed by atoms with Gasteiger partial charge in [0.25, 0.3) is 0 Å². The summed E-state index contributed by atoms with van der Waals surface area (Å²) < 4.78 is 30.6. The molecular formula is C16H12BrF2N3O. The molecule has 1 heterocycles. The van der Waals surface area contributed by atoms with Crippen molar-refractivity contribution >= 4 is 21.6 Å². The van der Waals surface area contributed by atoms with E-state index in [1.165, 1.54) is 6.07 Å². The Morgan fingerprint density at radius 1 is 1.30 bits per heavy atom. The van der Waals surface area contributed by atoms with Crippen LogP contribution in [0.3, 0.4) is 0 Å². The zero-order valence-electron chi connectivity index (χ0n) is 12.3. The lowest BCUT2D eigenvalue weighted by molar-refractivity contribution is -0.0506. The van der Waals surface area contributed by atoms with Gasteiger partial charge in [-0.15, -0.1) is 0 Å². The second-order valence-corrected chi connectivity index (χ2v) is 5.92. The minimum absolute atomic E-state index is 0.0521. The van der Waals surface area contributed by atoms with E-state index in [-0.39, 0.29) is 11.3 Å². The number of nitriles is 2. The zero-order chi connectivity index (χ0) is 17.1. The van der Waals surface area contributed by atoms with Crippen LogP contribution in [0.25, 0.3) is 0 Å². The summed E-state index contributed by atoms with van der Waals surface area (Å²) in [6.45, 7) is 0.350. The van der Waals surface area contributed by atoms with Crippen molar-refractivity contribution in [2.45, 2.75) is 26.4 Å². The molecule has 0 radical (unpaired) electrons. The number of benzene rings is 1. The quantitative estimate of drug-likeness (QED) is 0.773. The van der Waals surface area contributed by atoms with E-state index in [0.29, 0.717) is 21.4 Å². The van der Waals surface area contributed by atoms with E-state index in [1.807, 2.05) is 0 Å². The van der Waals surface area contributed by atoms with E-state index in [9.17, 15) is 19.3 Å². The molecule has 1 aliphatic rings. The maximum atomic E-state index is 12.7. The van der Waals surface area contributed by atoms with Crippen molar-refractivity contribution in [3.8, 4) is 17.9 Å². The van der Waals surface area contributed by atoms with Crippen LogP contribution >= 0.6 is 15.9 Å². The molecular weight excluding hydrogens is 368 g/mol. The Kier molecular flexibility index (Phi) is 5.12. The molecule has 2 atom stereocenters. The van der Waals surface area contributed by atoms with Crippen molar-refractivity contribution in [1.82, 2.24) is 0 Å². The van der Waals surface area contributed by atoms with Gasteiger partial charge < -0.3 is 4.74 Å². The summed E-state index contributed by atoms with van der Waals surface area (Å²) in [4.78, 5) is 4.23. The van der Waals surface area contributed by atoms with Gasteiger partial charge in [0, 0.05) is 21.7 Å². The number of halogens is 3. The van der Waals surface area contributed by atoms with Gasteiger partial charge in [0.2, 0.25) is 0 Å². The van der Waals surface area contributed by atoms with Gasteiger partial charge in [0.05, 0.1) is 29.3 Å². The third-order valence-corrected chi connectivity index (χ3v) is 4.10. The van der Waals surface area contributed by atoms with Crippen LogP contribution < -0.4 is 4.74 Å².